The van der Waals surface area contributed by atoms with E-state index in [0.29, 0.717) is 11.9 Å². The lowest BCUT2D eigenvalue weighted by Gasteiger charge is -2.25. The first-order valence-electron chi connectivity index (χ1n) is 7.95. The quantitative estimate of drug-likeness (QED) is 0.867. The third-order valence-corrected chi connectivity index (χ3v) is 5.03. The van der Waals surface area contributed by atoms with Crippen molar-refractivity contribution in [2.75, 3.05) is 25.0 Å². The van der Waals surface area contributed by atoms with Crippen molar-refractivity contribution < 1.29 is 4.42 Å². The molecular weight excluding hydrogens is 252 g/mol. The van der Waals surface area contributed by atoms with Crippen molar-refractivity contribution in [1.82, 2.24) is 15.5 Å². The fourth-order valence-electron chi connectivity index (χ4n) is 3.98. The molecule has 0 amide bonds. The molecule has 0 saturated heterocycles. The Bertz CT molecular complexity index is 447. The third kappa shape index (κ3) is 2.68. The largest absolute Gasteiger partial charge is 0.406 e. The second-order valence-electron chi connectivity index (χ2n) is 6.52. The van der Waals surface area contributed by atoms with Crippen molar-refractivity contribution >= 4 is 6.01 Å². The minimum absolute atomic E-state index is 0.122. The lowest BCUT2D eigenvalue weighted by Crippen LogP contribution is -2.28. The summed E-state index contributed by atoms with van der Waals surface area (Å²) >= 11 is 0. The standard InChI is InChI=1S/C15H26N4O/c1-4-16-10(2)14-17-18-15(20-14)19(3)9-13-8-11-5-6-12(13)7-11/h10-13,16H,4-9H2,1-3H3. The Hall–Kier alpha value is -1.10. The first kappa shape index (κ1) is 13.9. The van der Waals surface area contributed by atoms with Gasteiger partial charge in [0, 0.05) is 13.6 Å². The summed E-state index contributed by atoms with van der Waals surface area (Å²) in [5.41, 5.74) is 0. The van der Waals surface area contributed by atoms with E-state index in [1.807, 2.05) is 0 Å². The van der Waals surface area contributed by atoms with E-state index < -0.39 is 0 Å². The van der Waals surface area contributed by atoms with Crippen LogP contribution in [0.1, 0.15) is 51.5 Å². The summed E-state index contributed by atoms with van der Waals surface area (Å²) < 4.78 is 5.79. The Morgan fingerprint density at radius 2 is 2.20 bits per heavy atom. The molecule has 0 aromatic carbocycles. The van der Waals surface area contributed by atoms with Crippen LogP contribution < -0.4 is 10.2 Å². The molecule has 1 aromatic heterocycles. The van der Waals surface area contributed by atoms with Crippen molar-refractivity contribution in [2.24, 2.45) is 17.8 Å². The normalized spacial score (nSPS) is 29.9. The van der Waals surface area contributed by atoms with Gasteiger partial charge in [-0.2, -0.15) is 0 Å². The summed E-state index contributed by atoms with van der Waals surface area (Å²) in [7, 11) is 2.07. The predicted molar refractivity (Wildman–Crippen MR) is 78.6 cm³/mol. The summed E-state index contributed by atoms with van der Waals surface area (Å²) in [6, 6.07) is 0.782. The van der Waals surface area contributed by atoms with Crippen LogP contribution in [-0.2, 0) is 0 Å². The lowest BCUT2D eigenvalue weighted by molar-refractivity contribution is 0.330. The molecule has 20 heavy (non-hydrogen) atoms. The molecule has 2 saturated carbocycles. The van der Waals surface area contributed by atoms with Gasteiger partial charge in [0.1, 0.15) is 0 Å². The van der Waals surface area contributed by atoms with Crippen molar-refractivity contribution in [3.63, 3.8) is 0 Å². The highest BCUT2D eigenvalue weighted by Gasteiger charge is 2.40. The molecule has 3 rings (SSSR count). The Balaban J connectivity index is 1.58. The number of nitrogens with zero attached hydrogens (tertiary/aromatic N) is 3. The maximum atomic E-state index is 5.79. The van der Waals surface area contributed by atoms with E-state index in [0.717, 1.165) is 30.8 Å². The highest BCUT2D eigenvalue weighted by atomic mass is 16.4. The first-order valence-corrected chi connectivity index (χ1v) is 7.95. The molecule has 112 valence electrons. The van der Waals surface area contributed by atoms with Crippen LogP contribution in [0, 0.1) is 17.8 Å². The SMILES string of the molecule is CCNC(C)c1nnc(N(C)CC2CC3CCC2C3)o1. The predicted octanol–water partition coefficient (Wildman–Crippen LogP) is 2.61. The molecule has 5 heteroatoms. The minimum Gasteiger partial charge on any atom is -0.406 e. The minimum atomic E-state index is 0.122. The molecule has 5 nitrogen and oxygen atoms in total. The van der Waals surface area contributed by atoms with Crippen LogP contribution in [0.4, 0.5) is 6.01 Å². The molecule has 2 aliphatic rings. The number of hydrogen-bond donors (Lipinski definition) is 1. The van der Waals surface area contributed by atoms with Crippen LogP contribution in [0.25, 0.3) is 0 Å². The van der Waals surface area contributed by atoms with E-state index in [1.165, 1.54) is 25.7 Å². The molecule has 0 radical (unpaired) electrons. The van der Waals surface area contributed by atoms with Crippen molar-refractivity contribution in [1.29, 1.82) is 0 Å². The van der Waals surface area contributed by atoms with E-state index in [4.69, 9.17) is 4.42 Å². The molecule has 1 aromatic rings. The molecule has 4 unspecified atom stereocenters. The second kappa shape index (κ2) is 5.72. The average molecular weight is 278 g/mol. The smallest absolute Gasteiger partial charge is 0.317 e. The third-order valence-electron chi connectivity index (χ3n) is 5.03. The van der Waals surface area contributed by atoms with E-state index in [-0.39, 0.29) is 6.04 Å². The van der Waals surface area contributed by atoms with Gasteiger partial charge in [-0.05, 0) is 50.5 Å². The topological polar surface area (TPSA) is 54.2 Å². The van der Waals surface area contributed by atoms with Gasteiger partial charge in [-0.15, -0.1) is 5.10 Å². The highest BCUT2D eigenvalue weighted by Crippen LogP contribution is 2.48. The van der Waals surface area contributed by atoms with Gasteiger partial charge in [0.25, 0.3) is 0 Å². The Labute approximate surface area is 121 Å². The second-order valence-corrected chi connectivity index (χ2v) is 6.52. The zero-order valence-corrected chi connectivity index (χ0v) is 12.8. The van der Waals surface area contributed by atoms with Gasteiger partial charge in [-0.3, -0.25) is 0 Å². The summed E-state index contributed by atoms with van der Waals surface area (Å²) in [4.78, 5) is 2.14. The number of rotatable bonds is 6. The van der Waals surface area contributed by atoms with Crippen LogP contribution in [-0.4, -0.2) is 30.3 Å². The van der Waals surface area contributed by atoms with E-state index in [2.05, 4.69) is 41.3 Å². The molecule has 4 atom stereocenters. The van der Waals surface area contributed by atoms with Crippen LogP contribution in [0.15, 0.2) is 4.42 Å². The van der Waals surface area contributed by atoms with Gasteiger partial charge in [0.15, 0.2) is 0 Å². The lowest BCUT2D eigenvalue weighted by atomic mass is 9.88. The number of nitrogens with one attached hydrogen (secondary N) is 1. The highest BCUT2D eigenvalue weighted by molar-refractivity contribution is 5.23. The van der Waals surface area contributed by atoms with Gasteiger partial charge < -0.3 is 14.6 Å². The maximum Gasteiger partial charge on any atom is 0.317 e. The van der Waals surface area contributed by atoms with E-state index >= 15 is 0 Å². The number of anilines is 1. The van der Waals surface area contributed by atoms with Gasteiger partial charge >= 0.3 is 6.01 Å². The van der Waals surface area contributed by atoms with Crippen LogP contribution in [0.2, 0.25) is 0 Å². The van der Waals surface area contributed by atoms with E-state index in [9.17, 15) is 0 Å². The fraction of sp³-hybridized carbons (Fsp3) is 0.867. The van der Waals surface area contributed by atoms with Crippen molar-refractivity contribution in [2.45, 2.75) is 45.6 Å². The van der Waals surface area contributed by atoms with Crippen molar-refractivity contribution in [3.05, 3.63) is 5.89 Å². The monoisotopic (exact) mass is 278 g/mol. The zero-order chi connectivity index (χ0) is 14.1. The molecule has 2 aliphatic carbocycles. The van der Waals surface area contributed by atoms with Crippen LogP contribution in [0.5, 0.6) is 0 Å². The molecule has 0 spiro atoms. The first-order chi connectivity index (χ1) is 9.67. The average Bonchev–Trinajstić information content (AvgIpc) is 3.15. The van der Waals surface area contributed by atoms with Crippen molar-refractivity contribution in [3.8, 4) is 0 Å². The molecule has 2 fully saturated rings. The van der Waals surface area contributed by atoms with Crippen LogP contribution in [0.3, 0.4) is 0 Å². The maximum absolute atomic E-state index is 5.79. The van der Waals surface area contributed by atoms with Gasteiger partial charge in [-0.25, -0.2) is 0 Å². The molecule has 0 aliphatic heterocycles. The van der Waals surface area contributed by atoms with Gasteiger partial charge in [0.2, 0.25) is 5.89 Å². The summed E-state index contributed by atoms with van der Waals surface area (Å²) in [5, 5.41) is 11.6. The Morgan fingerprint density at radius 1 is 1.35 bits per heavy atom. The Morgan fingerprint density at radius 3 is 2.85 bits per heavy atom. The number of aromatic nitrogens is 2. The van der Waals surface area contributed by atoms with E-state index in [1.54, 1.807) is 0 Å². The number of hydrogen-bond acceptors (Lipinski definition) is 5. The summed E-state index contributed by atoms with van der Waals surface area (Å²) in [6.07, 6.45) is 5.72. The zero-order valence-electron chi connectivity index (χ0n) is 12.8. The summed E-state index contributed by atoms with van der Waals surface area (Å²) in [6.45, 7) is 6.09. The molecule has 2 bridgehead atoms. The summed E-state index contributed by atoms with van der Waals surface area (Å²) in [5.74, 6) is 3.43. The fourth-order valence-corrected chi connectivity index (χ4v) is 3.98. The molecule has 1 heterocycles. The van der Waals surface area contributed by atoms with Crippen LogP contribution >= 0.6 is 0 Å². The molecule has 1 N–H and O–H groups in total. The number of fused-ring (bicyclic) bond motifs is 2. The van der Waals surface area contributed by atoms with Gasteiger partial charge in [0.05, 0.1) is 6.04 Å². The van der Waals surface area contributed by atoms with Gasteiger partial charge in [-0.1, -0.05) is 18.4 Å². The molecular formula is C15H26N4O. The Kier molecular flexibility index (Phi) is 3.96.